The maximum Gasteiger partial charge on any atom is 0.251 e. The predicted molar refractivity (Wildman–Crippen MR) is 99.8 cm³/mol. The fraction of sp³-hybridized carbons (Fsp3) is 0.750. The van der Waals surface area contributed by atoms with Crippen LogP contribution in [0.25, 0.3) is 0 Å². The maximum atomic E-state index is 12.6. The number of hydrogen-bond acceptors (Lipinski definition) is 4. The normalized spacial score (nSPS) is 24.6. The van der Waals surface area contributed by atoms with Crippen molar-refractivity contribution in [3.05, 3.63) is 18.2 Å². The summed E-state index contributed by atoms with van der Waals surface area (Å²) >= 11 is 0. The molecule has 2 aliphatic heterocycles. The van der Waals surface area contributed by atoms with Gasteiger partial charge in [-0.05, 0) is 18.8 Å². The Morgan fingerprint density at radius 2 is 2.07 bits per heavy atom. The number of carbonyl (C=O) groups excluding carboxylic acids is 2. The largest absolute Gasteiger partial charge is 0.354 e. The van der Waals surface area contributed by atoms with E-state index in [1.807, 2.05) is 15.7 Å². The van der Waals surface area contributed by atoms with E-state index in [-0.39, 0.29) is 11.8 Å². The molecule has 7 nitrogen and oxygen atoms in total. The van der Waals surface area contributed by atoms with Crippen LogP contribution in [0.4, 0.5) is 0 Å². The van der Waals surface area contributed by atoms with E-state index < -0.39 is 11.7 Å². The van der Waals surface area contributed by atoms with E-state index in [1.54, 1.807) is 6.20 Å². The molecule has 1 saturated heterocycles. The lowest BCUT2D eigenvalue weighted by Gasteiger charge is -2.46. The number of imidazole rings is 1. The van der Waals surface area contributed by atoms with Crippen LogP contribution in [0, 0.1) is 11.8 Å². The Morgan fingerprint density at radius 3 is 2.70 bits per heavy atom. The van der Waals surface area contributed by atoms with Gasteiger partial charge in [0.15, 0.2) is 6.10 Å². The van der Waals surface area contributed by atoms with Gasteiger partial charge in [-0.15, -0.1) is 0 Å². The first kappa shape index (κ1) is 18.5. The number of carbonyl (C=O) groups is 2. The van der Waals surface area contributed by atoms with Gasteiger partial charge in [-0.25, -0.2) is 4.98 Å². The number of nitrogens with one attached hydrogen (secondary N) is 1. The first-order valence-corrected chi connectivity index (χ1v) is 10.2. The van der Waals surface area contributed by atoms with Crippen LogP contribution < -0.4 is 5.32 Å². The second kappa shape index (κ2) is 7.26. The molecule has 27 heavy (non-hydrogen) atoms. The monoisotopic (exact) mass is 374 g/mol. The first-order chi connectivity index (χ1) is 13.0. The number of likely N-dealkylation sites (tertiary alicyclic amines) is 1. The molecule has 4 rings (SSSR count). The van der Waals surface area contributed by atoms with Crippen molar-refractivity contribution in [2.45, 2.75) is 64.2 Å². The van der Waals surface area contributed by atoms with E-state index in [2.05, 4.69) is 24.1 Å². The average molecular weight is 374 g/mol. The predicted octanol–water partition coefficient (Wildman–Crippen LogP) is 1.67. The van der Waals surface area contributed by atoms with Crippen molar-refractivity contribution in [2.24, 2.45) is 11.8 Å². The molecular weight excluding hydrogens is 344 g/mol. The van der Waals surface area contributed by atoms with Crippen LogP contribution in [-0.2, 0) is 26.5 Å². The second-order valence-corrected chi connectivity index (χ2v) is 8.60. The Kier molecular flexibility index (Phi) is 4.97. The molecular formula is C20H30N4O3. The molecule has 1 saturated carbocycles. The molecule has 7 heteroatoms. The lowest BCUT2D eigenvalue weighted by Crippen LogP contribution is -2.55. The highest BCUT2D eigenvalue weighted by molar-refractivity contribution is 5.81. The van der Waals surface area contributed by atoms with Gasteiger partial charge in [0.25, 0.3) is 5.91 Å². The molecule has 1 unspecified atom stereocenters. The molecule has 3 heterocycles. The van der Waals surface area contributed by atoms with E-state index in [1.165, 1.54) is 6.42 Å². The third-order valence-electron chi connectivity index (χ3n) is 6.17. The van der Waals surface area contributed by atoms with Crippen LogP contribution in [-0.4, -0.2) is 52.0 Å². The molecule has 3 aliphatic rings. The maximum absolute atomic E-state index is 12.6. The fourth-order valence-electron chi connectivity index (χ4n) is 4.29. The van der Waals surface area contributed by atoms with Crippen LogP contribution >= 0.6 is 0 Å². The zero-order valence-corrected chi connectivity index (χ0v) is 16.3. The summed E-state index contributed by atoms with van der Waals surface area (Å²) in [5.74, 6) is 1.75. The van der Waals surface area contributed by atoms with Crippen LogP contribution in [0.3, 0.4) is 0 Å². The summed E-state index contributed by atoms with van der Waals surface area (Å²) in [6.45, 7) is 6.63. The number of nitrogens with zero attached hydrogens (tertiary/aromatic N) is 3. The lowest BCUT2D eigenvalue weighted by molar-refractivity contribution is -0.177. The molecule has 1 N–H and O–H groups in total. The summed E-state index contributed by atoms with van der Waals surface area (Å²) in [5.41, 5.74) is -0.571. The minimum absolute atomic E-state index is 0.0598. The Morgan fingerprint density at radius 1 is 1.33 bits per heavy atom. The summed E-state index contributed by atoms with van der Waals surface area (Å²) in [5, 5.41) is 2.99. The van der Waals surface area contributed by atoms with Crippen molar-refractivity contribution < 1.29 is 14.3 Å². The number of fused-ring (bicyclic) bond motifs is 2. The van der Waals surface area contributed by atoms with E-state index in [0.29, 0.717) is 50.8 Å². The summed E-state index contributed by atoms with van der Waals surface area (Å²) in [7, 11) is 0. The number of amides is 2. The van der Waals surface area contributed by atoms with Gasteiger partial charge in [-0.2, -0.15) is 0 Å². The molecule has 2 amide bonds. The van der Waals surface area contributed by atoms with Crippen molar-refractivity contribution in [2.75, 3.05) is 19.6 Å². The molecule has 0 aromatic carbocycles. The molecule has 1 atom stereocenters. The Bertz CT molecular complexity index is 702. The summed E-state index contributed by atoms with van der Waals surface area (Å²) < 4.78 is 8.44. The molecule has 0 radical (unpaired) electrons. The molecule has 1 aromatic heterocycles. The number of rotatable bonds is 4. The summed E-state index contributed by atoms with van der Waals surface area (Å²) in [6.07, 6.45) is 7.79. The van der Waals surface area contributed by atoms with Crippen molar-refractivity contribution in [1.82, 2.24) is 19.8 Å². The first-order valence-electron chi connectivity index (χ1n) is 10.2. The molecule has 1 spiro atoms. The number of aromatic nitrogens is 2. The molecule has 0 bridgehead atoms. The van der Waals surface area contributed by atoms with Gasteiger partial charge in [0.05, 0.1) is 6.54 Å². The van der Waals surface area contributed by atoms with Crippen LogP contribution in [0.5, 0.6) is 0 Å². The van der Waals surface area contributed by atoms with Crippen LogP contribution in [0.1, 0.15) is 51.8 Å². The lowest BCUT2D eigenvalue weighted by atomic mass is 9.82. The second-order valence-electron chi connectivity index (χ2n) is 8.60. The summed E-state index contributed by atoms with van der Waals surface area (Å²) in [6, 6.07) is 0. The third kappa shape index (κ3) is 3.49. The van der Waals surface area contributed by atoms with Gasteiger partial charge in [-0.1, -0.05) is 20.3 Å². The standard InChI is InChI=1S/C20H30N4O3/c1-14(2)12-22-17(25)16-13-24-11-8-21-19(24)20(27-16)6-9-23(10-7-20)18(26)15-4-3-5-15/h8,11,14-16H,3-7,9-10,12-13H2,1-2H3,(H,22,25). The SMILES string of the molecule is CC(C)CNC(=O)C1Cn2ccnc2C2(CCN(C(=O)C3CCC3)CC2)O1. The smallest absolute Gasteiger partial charge is 0.251 e. The topological polar surface area (TPSA) is 76.5 Å². The molecule has 1 aromatic rings. The highest BCUT2D eigenvalue weighted by atomic mass is 16.5. The number of ether oxygens (including phenoxy) is 1. The Labute approximate surface area is 160 Å². The third-order valence-corrected chi connectivity index (χ3v) is 6.17. The highest BCUT2D eigenvalue weighted by Gasteiger charge is 2.48. The van der Waals surface area contributed by atoms with E-state index in [0.717, 1.165) is 18.7 Å². The van der Waals surface area contributed by atoms with Crippen molar-refractivity contribution in [3.63, 3.8) is 0 Å². The summed E-state index contributed by atoms with van der Waals surface area (Å²) in [4.78, 5) is 31.7. The molecule has 1 aliphatic carbocycles. The molecule has 148 valence electrons. The van der Waals surface area contributed by atoms with Crippen molar-refractivity contribution in [3.8, 4) is 0 Å². The van der Waals surface area contributed by atoms with Crippen molar-refractivity contribution in [1.29, 1.82) is 0 Å². The van der Waals surface area contributed by atoms with Gasteiger partial charge < -0.3 is 19.5 Å². The van der Waals surface area contributed by atoms with Crippen LogP contribution in [0.15, 0.2) is 12.4 Å². The zero-order valence-electron chi connectivity index (χ0n) is 16.3. The van der Waals surface area contributed by atoms with Gasteiger partial charge in [-0.3, -0.25) is 9.59 Å². The average Bonchev–Trinajstić information content (AvgIpc) is 3.08. The fourth-order valence-corrected chi connectivity index (χ4v) is 4.29. The van der Waals surface area contributed by atoms with E-state index in [9.17, 15) is 9.59 Å². The van der Waals surface area contributed by atoms with Crippen molar-refractivity contribution >= 4 is 11.8 Å². The molecule has 2 fully saturated rings. The van der Waals surface area contributed by atoms with E-state index >= 15 is 0 Å². The van der Waals surface area contributed by atoms with Gasteiger partial charge in [0.1, 0.15) is 11.4 Å². The zero-order chi connectivity index (χ0) is 19.0. The Balaban J connectivity index is 1.47. The highest BCUT2D eigenvalue weighted by Crippen LogP contribution is 2.41. The van der Waals surface area contributed by atoms with Gasteiger partial charge in [0.2, 0.25) is 5.91 Å². The van der Waals surface area contributed by atoms with Crippen LogP contribution in [0.2, 0.25) is 0 Å². The Hall–Kier alpha value is -1.89. The quantitative estimate of drug-likeness (QED) is 0.870. The number of piperidine rings is 1. The number of hydrogen-bond donors (Lipinski definition) is 1. The minimum atomic E-state index is -0.571. The van der Waals surface area contributed by atoms with Gasteiger partial charge >= 0.3 is 0 Å². The minimum Gasteiger partial charge on any atom is -0.354 e. The van der Waals surface area contributed by atoms with Gasteiger partial charge in [0, 0.05) is 50.8 Å². The van der Waals surface area contributed by atoms with E-state index in [4.69, 9.17) is 4.74 Å².